The second kappa shape index (κ2) is 8.92. The number of fused-ring (bicyclic) bond motifs is 10. The molecule has 2 aliphatic heterocycles. The van der Waals surface area contributed by atoms with Crippen LogP contribution >= 0.6 is 0 Å². The molecule has 0 aromatic heterocycles. The Morgan fingerprint density at radius 3 is 2.14 bits per heavy atom. The lowest BCUT2D eigenvalue weighted by molar-refractivity contribution is -0.251. The molecule has 0 radical (unpaired) electrons. The standard InChI is InChI=1S/C33H44O11/c1-11-9-17-32(7,33(8,40)29(39)44-17)22-19(11)31(6)21(25(22)38)18-20(12(2)27(31)41-13(3)34)30(5)15(23(36)24(18)37)10-16-26(43-16)28(30)42-14(4)35/h9,11-12,15-16,18-22,24-28,37-38,40H,10H2,1-8H3/t11-,12+,15-,16+,18-,19+,20+,21-,22+,24-,25-,26+,27+,28+,30+,31-,32+,33-/m1/s1. The molecule has 0 amide bonds. The van der Waals surface area contributed by atoms with E-state index in [2.05, 4.69) is 0 Å². The van der Waals surface area contributed by atoms with E-state index in [9.17, 15) is 34.5 Å². The molecule has 0 unspecified atom stereocenters. The molecule has 7 rings (SSSR count). The van der Waals surface area contributed by atoms with Gasteiger partial charge in [0, 0.05) is 48.3 Å². The van der Waals surface area contributed by atoms with E-state index in [4.69, 9.17) is 18.9 Å². The van der Waals surface area contributed by atoms with Gasteiger partial charge in [0.25, 0.3) is 0 Å². The molecule has 0 bridgehead atoms. The van der Waals surface area contributed by atoms with E-state index in [-0.39, 0.29) is 17.8 Å². The molecular formula is C33H44O11. The monoisotopic (exact) mass is 616 g/mol. The maximum Gasteiger partial charge on any atom is 0.343 e. The number of aliphatic hydroxyl groups excluding tert-OH is 2. The minimum atomic E-state index is -1.96. The maximum absolute atomic E-state index is 14.2. The van der Waals surface area contributed by atoms with Gasteiger partial charge in [-0.3, -0.25) is 14.4 Å². The smallest absolute Gasteiger partial charge is 0.343 e. The largest absolute Gasteiger partial charge is 0.462 e. The Kier molecular flexibility index (Phi) is 6.15. The predicted molar refractivity (Wildman–Crippen MR) is 150 cm³/mol. The predicted octanol–water partition coefficient (Wildman–Crippen LogP) is 1.55. The van der Waals surface area contributed by atoms with Gasteiger partial charge in [0.2, 0.25) is 0 Å². The Balaban J connectivity index is 1.45. The highest BCUT2D eigenvalue weighted by atomic mass is 16.6. The first-order valence-corrected chi connectivity index (χ1v) is 15.9. The Morgan fingerprint density at radius 1 is 0.909 bits per heavy atom. The van der Waals surface area contributed by atoms with Crippen molar-refractivity contribution in [1.82, 2.24) is 0 Å². The lowest BCUT2D eigenvalue weighted by Gasteiger charge is -2.65. The van der Waals surface area contributed by atoms with Gasteiger partial charge in [-0.25, -0.2) is 4.79 Å². The normalized spacial score (nSPS) is 58.2. The van der Waals surface area contributed by atoms with Crippen LogP contribution in [0.25, 0.3) is 0 Å². The van der Waals surface area contributed by atoms with Crippen LogP contribution in [0.1, 0.15) is 61.8 Å². The first-order valence-electron chi connectivity index (χ1n) is 15.9. The van der Waals surface area contributed by atoms with Gasteiger partial charge in [0.1, 0.15) is 30.2 Å². The van der Waals surface area contributed by atoms with Gasteiger partial charge in [0.15, 0.2) is 11.4 Å². The molecule has 18 atom stereocenters. The summed E-state index contributed by atoms with van der Waals surface area (Å²) < 4.78 is 23.7. The minimum Gasteiger partial charge on any atom is -0.462 e. The van der Waals surface area contributed by atoms with Crippen LogP contribution in [-0.2, 0) is 38.1 Å². The number of carbonyl (C=O) groups excluding carboxylic acids is 4. The van der Waals surface area contributed by atoms with Gasteiger partial charge >= 0.3 is 17.9 Å². The van der Waals surface area contributed by atoms with Crippen molar-refractivity contribution in [2.24, 2.45) is 63.6 Å². The SMILES string of the molecule is CC(=O)O[C@H]1[C@@H](C)[C@H]2[C@H]([C@@H]3[C@@H](O)[C@@H]4[C@H]([C@H](C)C=C5OC(=O)[C@@](C)(O)[C@@]54C)[C@]31C)[C@@H](O)C(=O)[C@H]1C[C@@H]3O[C@@H]3[C@H](OC(C)=O)[C@]21C. The van der Waals surface area contributed by atoms with Crippen molar-refractivity contribution < 1.29 is 53.4 Å². The van der Waals surface area contributed by atoms with E-state index in [0.717, 1.165) is 0 Å². The van der Waals surface area contributed by atoms with Gasteiger partial charge in [0.05, 0.1) is 17.6 Å². The summed E-state index contributed by atoms with van der Waals surface area (Å²) in [4.78, 5) is 52.5. The Morgan fingerprint density at radius 2 is 1.52 bits per heavy atom. The summed E-state index contributed by atoms with van der Waals surface area (Å²) in [5, 5.41) is 36.2. The highest BCUT2D eigenvalue weighted by Gasteiger charge is 2.81. The van der Waals surface area contributed by atoms with E-state index in [1.807, 2.05) is 33.8 Å². The number of epoxide rings is 1. The summed E-state index contributed by atoms with van der Waals surface area (Å²) >= 11 is 0. The maximum atomic E-state index is 14.2. The molecule has 0 aromatic rings. The summed E-state index contributed by atoms with van der Waals surface area (Å²) in [7, 11) is 0. The molecule has 44 heavy (non-hydrogen) atoms. The lowest BCUT2D eigenvalue weighted by Crippen LogP contribution is -2.72. The number of Topliss-reactive ketones (excluding diaryl/α,β-unsaturated/α-hetero) is 1. The van der Waals surface area contributed by atoms with Crippen molar-refractivity contribution in [2.45, 2.75) is 104 Å². The van der Waals surface area contributed by atoms with E-state index in [1.165, 1.54) is 20.8 Å². The molecule has 11 nitrogen and oxygen atoms in total. The number of hydrogen-bond acceptors (Lipinski definition) is 11. The Bertz CT molecular complexity index is 1390. The first kappa shape index (κ1) is 30.3. The number of hydrogen-bond donors (Lipinski definition) is 3. The van der Waals surface area contributed by atoms with Gasteiger partial charge in [-0.1, -0.05) is 27.7 Å². The van der Waals surface area contributed by atoms with E-state index in [1.54, 1.807) is 6.92 Å². The number of aliphatic hydroxyl groups is 3. The molecule has 7 aliphatic rings. The molecule has 3 N–H and O–H groups in total. The second-order valence-electron chi connectivity index (χ2n) is 15.7. The van der Waals surface area contributed by atoms with Gasteiger partial charge in [-0.15, -0.1) is 0 Å². The van der Waals surface area contributed by atoms with E-state index in [0.29, 0.717) is 12.2 Å². The number of ether oxygens (including phenoxy) is 4. The van der Waals surface area contributed by atoms with Crippen LogP contribution in [0.15, 0.2) is 11.8 Å². The van der Waals surface area contributed by atoms with Crippen molar-refractivity contribution in [3.05, 3.63) is 11.8 Å². The fourth-order valence-electron chi connectivity index (χ4n) is 12.2. The van der Waals surface area contributed by atoms with Crippen LogP contribution in [0.4, 0.5) is 0 Å². The summed E-state index contributed by atoms with van der Waals surface area (Å²) in [5.41, 5.74) is -5.27. The molecule has 2 heterocycles. The molecular weight excluding hydrogens is 572 g/mol. The highest BCUT2D eigenvalue weighted by molar-refractivity contribution is 5.88. The van der Waals surface area contributed by atoms with Crippen LogP contribution in [0.3, 0.4) is 0 Å². The molecule has 5 aliphatic carbocycles. The molecule has 6 fully saturated rings. The number of ketones is 1. The summed E-state index contributed by atoms with van der Waals surface area (Å²) in [6.07, 6.45) is -2.65. The molecule has 11 heteroatoms. The average Bonchev–Trinajstić information content (AvgIpc) is 3.61. The Hall–Kier alpha value is -2.34. The molecule has 0 aromatic carbocycles. The van der Waals surface area contributed by atoms with Crippen molar-refractivity contribution in [3.8, 4) is 0 Å². The van der Waals surface area contributed by atoms with Gasteiger partial charge in [-0.05, 0) is 50.0 Å². The fraction of sp³-hybridized carbons (Fsp3) is 0.818. The molecule has 242 valence electrons. The highest BCUT2D eigenvalue weighted by Crippen LogP contribution is 2.76. The van der Waals surface area contributed by atoms with E-state index < -0.39 is 112 Å². The number of allylic oxidation sites excluding steroid dienone is 1. The van der Waals surface area contributed by atoms with Crippen molar-refractivity contribution in [3.63, 3.8) is 0 Å². The average molecular weight is 617 g/mol. The van der Waals surface area contributed by atoms with Crippen LogP contribution in [0.2, 0.25) is 0 Å². The number of rotatable bonds is 2. The Labute approximate surface area is 256 Å². The van der Waals surface area contributed by atoms with Gasteiger partial charge in [-0.2, -0.15) is 0 Å². The molecule has 4 saturated carbocycles. The fourth-order valence-corrected chi connectivity index (χ4v) is 12.2. The third kappa shape index (κ3) is 3.27. The van der Waals surface area contributed by atoms with Crippen molar-refractivity contribution in [2.75, 3.05) is 0 Å². The van der Waals surface area contributed by atoms with Crippen LogP contribution < -0.4 is 0 Å². The van der Waals surface area contributed by atoms with Gasteiger partial charge < -0.3 is 34.3 Å². The zero-order chi connectivity index (χ0) is 32.2. The third-order valence-corrected chi connectivity index (χ3v) is 13.9. The summed E-state index contributed by atoms with van der Waals surface area (Å²) in [5.74, 6) is -6.55. The number of carbonyl (C=O) groups is 4. The topological polar surface area (TPSA) is 169 Å². The zero-order valence-corrected chi connectivity index (χ0v) is 26.5. The summed E-state index contributed by atoms with van der Waals surface area (Å²) in [6.45, 7) is 13.6. The quantitative estimate of drug-likeness (QED) is 0.234. The summed E-state index contributed by atoms with van der Waals surface area (Å²) in [6, 6.07) is 0. The number of esters is 3. The van der Waals surface area contributed by atoms with Crippen LogP contribution in [0, 0.1) is 63.6 Å². The first-order chi connectivity index (χ1) is 20.4. The van der Waals surface area contributed by atoms with Crippen LogP contribution in [0.5, 0.6) is 0 Å². The van der Waals surface area contributed by atoms with Crippen LogP contribution in [-0.4, -0.2) is 81.2 Å². The van der Waals surface area contributed by atoms with Crippen molar-refractivity contribution in [1.29, 1.82) is 0 Å². The molecule has 0 spiro atoms. The van der Waals surface area contributed by atoms with E-state index >= 15 is 0 Å². The lowest BCUT2D eigenvalue weighted by atomic mass is 9.39. The zero-order valence-electron chi connectivity index (χ0n) is 26.5. The molecule has 2 saturated heterocycles. The van der Waals surface area contributed by atoms with Crippen molar-refractivity contribution >= 4 is 23.7 Å². The minimum absolute atomic E-state index is 0.258. The third-order valence-electron chi connectivity index (χ3n) is 13.9. The second-order valence-corrected chi connectivity index (χ2v) is 15.7.